The zero-order valence-electron chi connectivity index (χ0n) is 13.0. The van der Waals surface area contributed by atoms with Crippen LogP contribution in [-0.4, -0.2) is 18.5 Å². The predicted molar refractivity (Wildman–Crippen MR) is 89.9 cm³/mol. The van der Waals surface area contributed by atoms with Gasteiger partial charge in [0.15, 0.2) is 0 Å². The molecule has 0 bridgehead atoms. The molecule has 114 valence electrons. The molecular weight excluding hydrogens is 272 g/mol. The number of amides is 1. The van der Waals surface area contributed by atoms with Crippen molar-refractivity contribution in [3.05, 3.63) is 65.7 Å². The zero-order chi connectivity index (χ0) is 15.4. The van der Waals surface area contributed by atoms with Crippen LogP contribution >= 0.6 is 0 Å². The molecular formula is C19H22N2O. The first-order chi connectivity index (χ1) is 10.7. The number of carbonyl (C=O) groups is 1. The molecule has 22 heavy (non-hydrogen) atoms. The maximum Gasteiger partial charge on any atom is 0.216 e. The normalized spacial score (nSPS) is 17.0. The lowest BCUT2D eigenvalue weighted by molar-refractivity contribution is -0.119. The van der Waals surface area contributed by atoms with E-state index in [1.54, 1.807) is 6.92 Å². The lowest BCUT2D eigenvalue weighted by Crippen LogP contribution is -2.46. The monoisotopic (exact) mass is 294 g/mol. The van der Waals surface area contributed by atoms with Crippen LogP contribution in [0.2, 0.25) is 0 Å². The van der Waals surface area contributed by atoms with Crippen LogP contribution in [0.4, 0.5) is 5.69 Å². The van der Waals surface area contributed by atoms with Crippen molar-refractivity contribution in [2.45, 2.75) is 32.4 Å². The van der Waals surface area contributed by atoms with Gasteiger partial charge in [0, 0.05) is 31.7 Å². The van der Waals surface area contributed by atoms with Crippen molar-refractivity contribution < 1.29 is 4.79 Å². The molecule has 3 heteroatoms. The Morgan fingerprint density at radius 3 is 2.64 bits per heavy atom. The lowest BCUT2D eigenvalue weighted by atomic mass is 9.95. The van der Waals surface area contributed by atoms with E-state index in [1.807, 2.05) is 6.07 Å². The smallest absolute Gasteiger partial charge is 0.216 e. The maximum atomic E-state index is 11.3. The van der Waals surface area contributed by atoms with Gasteiger partial charge in [-0.05, 0) is 30.0 Å². The van der Waals surface area contributed by atoms with Gasteiger partial charge in [0.05, 0.1) is 0 Å². The minimum atomic E-state index is 0.0403. The molecule has 0 fully saturated rings. The van der Waals surface area contributed by atoms with E-state index in [0.717, 1.165) is 19.4 Å². The summed E-state index contributed by atoms with van der Waals surface area (Å²) in [5.41, 5.74) is 4.00. The lowest BCUT2D eigenvalue weighted by Gasteiger charge is -2.39. The Morgan fingerprint density at radius 1 is 1.14 bits per heavy atom. The topological polar surface area (TPSA) is 32.3 Å². The summed E-state index contributed by atoms with van der Waals surface area (Å²) < 4.78 is 0. The summed E-state index contributed by atoms with van der Waals surface area (Å²) in [5.74, 6) is 0.0403. The minimum absolute atomic E-state index is 0.0403. The average molecular weight is 294 g/mol. The highest BCUT2D eigenvalue weighted by atomic mass is 16.1. The Labute approximate surface area is 132 Å². The van der Waals surface area contributed by atoms with Gasteiger partial charge < -0.3 is 10.2 Å². The van der Waals surface area contributed by atoms with Crippen molar-refractivity contribution in [3.8, 4) is 0 Å². The number of aryl methyl sites for hydroxylation is 1. The summed E-state index contributed by atoms with van der Waals surface area (Å²) in [7, 11) is 0. The highest BCUT2D eigenvalue weighted by molar-refractivity contribution is 5.73. The number of rotatable bonds is 4. The molecule has 1 aliphatic heterocycles. The summed E-state index contributed by atoms with van der Waals surface area (Å²) in [6.07, 6.45) is 2.15. The Kier molecular flexibility index (Phi) is 4.42. The summed E-state index contributed by atoms with van der Waals surface area (Å²) >= 11 is 0. The Balaban J connectivity index is 1.86. The van der Waals surface area contributed by atoms with E-state index < -0.39 is 0 Å². The molecule has 1 atom stereocenters. The van der Waals surface area contributed by atoms with Gasteiger partial charge in [-0.15, -0.1) is 0 Å². The fourth-order valence-electron chi connectivity index (χ4n) is 3.15. The first-order valence-corrected chi connectivity index (χ1v) is 7.87. The molecule has 3 nitrogen and oxygen atoms in total. The molecule has 2 aromatic carbocycles. The number of nitrogens with one attached hydrogen (secondary N) is 1. The third-order valence-corrected chi connectivity index (χ3v) is 4.27. The van der Waals surface area contributed by atoms with E-state index in [9.17, 15) is 4.79 Å². The van der Waals surface area contributed by atoms with Crippen LogP contribution in [0.1, 0.15) is 24.5 Å². The van der Waals surface area contributed by atoms with E-state index in [-0.39, 0.29) is 5.91 Å². The molecule has 3 rings (SSSR count). The fourth-order valence-corrected chi connectivity index (χ4v) is 3.15. The quantitative estimate of drug-likeness (QED) is 0.939. The van der Waals surface area contributed by atoms with Gasteiger partial charge in [0.2, 0.25) is 5.91 Å². The summed E-state index contributed by atoms with van der Waals surface area (Å²) in [6.45, 7) is 3.16. The number of fused-ring (bicyclic) bond motifs is 1. The predicted octanol–water partition coefficient (Wildman–Crippen LogP) is 3.14. The highest BCUT2D eigenvalue weighted by Gasteiger charge is 2.26. The van der Waals surface area contributed by atoms with Crippen LogP contribution in [0.3, 0.4) is 0 Å². The average Bonchev–Trinajstić information content (AvgIpc) is 2.55. The molecule has 0 aliphatic carbocycles. The van der Waals surface area contributed by atoms with Crippen molar-refractivity contribution in [3.63, 3.8) is 0 Å². The van der Waals surface area contributed by atoms with Crippen molar-refractivity contribution in [1.29, 1.82) is 0 Å². The molecule has 1 N–H and O–H groups in total. The van der Waals surface area contributed by atoms with E-state index in [4.69, 9.17) is 0 Å². The van der Waals surface area contributed by atoms with Crippen molar-refractivity contribution in [1.82, 2.24) is 5.32 Å². The van der Waals surface area contributed by atoms with Crippen molar-refractivity contribution in [2.75, 3.05) is 11.4 Å². The number of benzene rings is 2. The maximum absolute atomic E-state index is 11.3. The van der Waals surface area contributed by atoms with E-state index >= 15 is 0 Å². The van der Waals surface area contributed by atoms with E-state index in [1.165, 1.54) is 16.8 Å². The largest absolute Gasteiger partial charge is 0.362 e. The third kappa shape index (κ3) is 3.30. The van der Waals surface area contributed by atoms with Gasteiger partial charge in [-0.1, -0.05) is 48.5 Å². The van der Waals surface area contributed by atoms with E-state index in [2.05, 4.69) is 58.7 Å². The molecule has 0 unspecified atom stereocenters. The van der Waals surface area contributed by atoms with Gasteiger partial charge in [-0.2, -0.15) is 0 Å². The molecule has 1 heterocycles. The number of carbonyl (C=O) groups excluding carboxylic acids is 1. The second kappa shape index (κ2) is 6.65. The summed E-state index contributed by atoms with van der Waals surface area (Å²) in [4.78, 5) is 13.7. The van der Waals surface area contributed by atoms with E-state index in [0.29, 0.717) is 12.6 Å². The summed E-state index contributed by atoms with van der Waals surface area (Å²) in [5, 5.41) is 2.98. The molecule has 0 spiro atoms. The second-order valence-electron chi connectivity index (χ2n) is 5.87. The van der Waals surface area contributed by atoms with Gasteiger partial charge in [-0.3, -0.25) is 4.79 Å². The van der Waals surface area contributed by atoms with Crippen LogP contribution in [0.25, 0.3) is 0 Å². The minimum Gasteiger partial charge on any atom is -0.362 e. The first kappa shape index (κ1) is 14.6. The number of anilines is 1. The van der Waals surface area contributed by atoms with Crippen LogP contribution in [0.5, 0.6) is 0 Å². The highest BCUT2D eigenvalue weighted by Crippen LogP contribution is 2.31. The van der Waals surface area contributed by atoms with Gasteiger partial charge in [0.25, 0.3) is 0 Å². The molecule has 1 amide bonds. The van der Waals surface area contributed by atoms with Gasteiger partial charge >= 0.3 is 0 Å². The molecule has 0 saturated carbocycles. The van der Waals surface area contributed by atoms with Gasteiger partial charge in [-0.25, -0.2) is 0 Å². The Bertz CT molecular complexity index is 639. The summed E-state index contributed by atoms with van der Waals surface area (Å²) in [6, 6.07) is 19.5. The standard InChI is InChI=1S/C19H22N2O/c1-15(22)20-13-18-12-11-17-9-5-6-10-19(17)21(18)14-16-7-3-2-4-8-16/h2-10,18H,11-14H2,1H3,(H,20,22)/t18-/m0/s1. The molecule has 2 aromatic rings. The molecule has 0 saturated heterocycles. The van der Waals surface area contributed by atoms with Crippen molar-refractivity contribution in [2.24, 2.45) is 0 Å². The third-order valence-electron chi connectivity index (χ3n) is 4.27. The van der Waals surface area contributed by atoms with Crippen LogP contribution in [-0.2, 0) is 17.8 Å². The van der Waals surface area contributed by atoms with Gasteiger partial charge in [0.1, 0.15) is 0 Å². The fraction of sp³-hybridized carbons (Fsp3) is 0.316. The SMILES string of the molecule is CC(=O)NC[C@@H]1CCc2ccccc2N1Cc1ccccc1. The Morgan fingerprint density at radius 2 is 1.86 bits per heavy atom. The zero-order valence-corrected chi connectivity index (χ0v) is 13.0. The number of hydrogen-bond donors (Lipinski definition) is 1. The number of nitrogens with zero attached hydrogens (tertiary/aromatic N) is 1. The van der Waals surface area contributed by atoms with Crippen LogP contribution in [0, 0.1) is 0 Å². The molecule has 1 aliphatic rings. The second-order valence-corrected chi connectivity index (χ2v) is 5.87. The Hall–Kier alpha value is -2.29. The number of para-hydroxylation sites is 1. The first-order valence-electron chi connectivity index (χ1n) is 7.87. The molecule has 0 radical (unpaired) electrons. The van der Waals surface area contributed by atoms with Crippen molar-refractivity contribution >= 4 is 11.6 Å². The molecule has 0 aromatic heterocycles. The van der Waals surface area contributed by atoms with Crippen LogP contribution < -0.4 is 10.2 Å². The van der Waals surface area contributed by atoms with Crippen LogP contribution in [0.15, 0.2) is 54.6 Å². The number of hydrogen-bond acceptors (Lipinski definition) is 2.